The summed E-state index contributed by atoms with van der Waals surface area (Å²) in [7, 11) is 0. The Morgan fingerprint density at radius 3 is 2.44 bits per heavy atom. The highest BCUT2D eigenvalue weighted by molar-refractivity contribution is 4.85. The third-order valence-corrected chi connectivity index (χ3v) is 3.56. The molecule has 3 heteroatoms. The summed E-state index contributed by atoms with van der Waals surface area (Å²) in [4.78, 5) is 2.53. The highest BCUT2D eigenvalue weighted by Crippen LogP contribution is 2.14. The molecule has 1 heterocycles. The van der Waals surface area contributed by atoms with E-state index in [0.717, 1.165) is 6.42 Å². The van der Waals surface area contributed by atoms with Crippen LogP contribution in [0.25, 0.3) is 0 Å². The minimum Gasteiger partial charge on any atom is -0.310 e. The Bertz CT molecular complexity index is 224. The summed E-state index contributed by atoms with van der Waals surface area (Å²) in [6.45, 7) is 9.06. The highest BCUT2D eigenvalue weighted by Gasteiger charge is 2.22. The van der Waals surface area contributed by atoms with E-state index in [1.54, 1.807) is 0 Å². The van der Waals surface area contributed by atoms with Crippen molar-refractivity contribution in [3.63, 3.8) is 0 Å². The van der Waals surface area contributed by atoms with Crippen molar-refractivity contribution < 1.29 is 0 Å². The van der Waals surface area contributed by atoms with E-state index in [2.05, 4.69) is 37.1 Å². The monoisotopic (exact) mass is 223 g/mol. The van der Waals surface area contributed by atoms with E-state index in [4.69, 9.17) is 5.26 Å². The van der Waals surface area contributed by atoms with Crippen LogP contribution in [0.1, 0.15) is 46.5 Å². The van der Waals surface area contributed by atoms with Crippen LogP contribution in [0, 0.1) is 11.3 Å². The fraction of sp³-hybridized carbons (Fsp3) is 0.923. The molecule has 1 fully saturated rings. The standard InChI is InChI=1S/C13H25N3/c1-4-12(5-8-14)15-13-6-9-16(10-7-13)11(2)3/h11-13,15H,4-7,9-10H2,1-3H3. The third kappa shape index (κ3) is 4.11. The van der Waals surface area contributed by atoms with Crippen molar-refractivity contribution in [2.75, 3.05) is 13.1 Å². The second kappa shape index (κ2) is 6.88. The van der Waals surface area contributed by atoms with Crippen molar-refractivity contribution in [2.24, 2.45) is 0 Å². The summed E-state index contributed by atoms with van der Waals surface area (Å²) in [6, 6.07) is 3.94. The van der Waals surface area contributed by atoms with Crippen LogP contribution in [0.15, 0.2) is 0 Å². The maximum absolute atomic E-state index is 8.71. The van der Waals surface area contributed by atoms with Crippen LogP contribution in [0.4, 0.5) is 0 Å². The van der Waals surface area contributed by atoms with Crippen molar-refractivity contribution in [3.8, 4) is 6.07 Å². The molecule has 1 aliphatic heterocycles. The van der Waals surface area contributed by atoms with Gasteiger partial charge in [-0.1, -0.05) is 6.92 Å². The zero-order valence-corrected chi connectivity index (χ0v) is 10.9. The fourth-order valence-corrected chi connectivity index (χ4v) is 2.35. The average molecular weight is 223 g/mol. The maximum atomic E-state index is 8.71. The first kappa shape index (κ1) is 13.5. The predicted octanol–water partition coefficient (Wildman–Crippen LogP) is 2.14. The first-order chi connectivity index (χ1) is 7.67. The molecule has 0 aromatic rings. The minimum atomic E-state index is 0.389. The number of piperidine rings is 1. The van der Waals surface area contributed by atoms with Crippen LogP contribution < -0.4 is 5.32 Å². The topological polar surface area (TPSA) is 39.1 Å². The molecule has 1 atom stereocenters. The molecule has 1 rings (SSSR count). The predicted molar refractivity (Wildman–Crippen MR) is 67.2 cm³/mol. The Hall–Kier alpha value is -0.590. The number of nitrogens with one attached hydrogen (secondary N) is 1. The molecular formula is C13H25N3. The molecule has 0 saturated carbocycles. The van der Waals surface area contributed by atoms with Gasteiger partial charge >= 0.3 is 0 Å². The van der Waals surface area contributed by atoms with E-state index >= 15 is 0 Å². The van der Waals surface area contributed by atoms with Crippen molar-refractivity contribution in [2.45, 2.75) is 64.6 Å². The molecule has 1 N–H and O–H groups in total. The first-order valence-electron chi connectivity index (χ1n) is 6.54. The second-order valence-corrected chi connectivity index (χ2v) is 5.04. The lowest BCUT2D eigenvalue weighted by Crippen LogP contribution is -2.47. The van der Waals surface area contributed by atoms with Gasteiger partial charge in [-0.2, -0.15) is 5.26 Å². The van der Waals surface area contributed by atoms with Gasteiger partial charge in [-0.05, 0) is 46.2 Å². The molecule has 0 amide bonds. The van der Waals surface area contributed by atoms with Crippen LogP contribution in [-0.2, 0) is 0 Å². The van der Waals surface area contributed by atoms with E-state index < -0.39 is 0 Å². The molecule has 1 unspecified atom stereocenters. The molecule has 0 radical (unpaired) electrons. The number of rotatable bonds is 5. The summed E-state index contributed by atoms with van der Waals surface area (Å²) < 4.78 is 0. The van der Waals surface area contributed by atoms with Gasteiger partial charge in [0.2, 0.25) is 0 Å². The van der Waals surface area contributed by atoms with Crippen molar-refractivity contribution >= 4 is 0 Å². The molecular weight excluding hydrogens is 198 g/mol. The van der Waals surface area contributed by atoms with Crippen LogP contribution in [0.2, 0.25) is 0 Å². The normalized spacial score (nSPS) is 20.9. The Labute approximate surface area is 99.8 Å². The van der Waals surface area contributed by atoms with Gasteiger partial charge in [0.05, 0.1) is 12.5 Å². The molecule has 0 aromatic carbocycles. The first-order valence-corrected chi connectivity index (χ1v) is 6.54. The van der Waals surface area contributed by atoms with Gasteiger partial charge in [-0.15, -0.1) is 0 Å². The molecule has 1 aliphatic rings. The highest BCUT2D eigenvalue weighted by atomic mass is 15.2. The lowest BCUT2D eigenvalue weighted by molar-refractivity contribution is 0.156. The van der Waals surface area contributed by atoms with Gasteiger partial charge in [0, 0.05) is 18.1 Å². The fourth-order valence-electron chi connectivity index (χ4n) is 2.35. The number of hydrogen-bond donors (Lipinski definition) is 1. The van der Waals surface area contributed by atoms with Crippen molar-refractivity contribution in [3.05, 3.63) is 0 Å². The lowest BCUT2D eigenvalue weighted by Gasteiger charge is -2.36. The number of nitriles is 1. The van der Waals surface area contributed by atoms with Gasteiger partial charge in [0.15, 0.2) is 0 Å². The van der Waals surface area contributed by atoms with E-state index in [9.17, 15) is 0 Å². The van der Waals surface area contributed by atoms with E-state index in [1.165, 1.54) is 25.9 Å². The summed E-state index contributed by atoms with van der Waals surface area (Å²) in [5, 5.41) is 12.3. The maximum Gasteiger partial charge on any atom is 0.0638 e. The van der Waals surface area contributed by atoms with Crippen LogP contribution in [-0.4, -0.2) is 36.1 Å². The molecule has 3 nitrogen and oxygen atoms in total. The Kier molecular flexibility index (Phi) is 5.79. The summed E-state index contributed by atoms with van der Waals surface area (Å²) in [5.74, 6) is 0. The van der Waals surface area contributed by atoms with Crippen molar-refractivity contribution in [1.29, 1.82) is 5.26 Å². The Morgan fingerprint density at radius 1 is 1.38 bits per heavy atom. The molecule has 0 aliphatic carbocycles. The zero-order valence-electron chi connectivity index (χ0n) is 10.9. The Morgan fingerprint density at radius 2 is 2.00 bits per heavy atom. The number of likely N-dealkylation sites (tertiary alicyclic amines) is 1. The Balaban J connectivity index is 2.28. The summed E-state index contributed by atoms with van der Waals surface area (Å²) >= 11 is 0. The molecule has 0 bridgehead atoms. The lowest BCUT2D eigenvalue weighted by atomic mass is 10.0. The largest absolute Gasteiger partial charge is 0.310 e. The molecule has 1 saturated heterocycles. The zero-order chi connectivity index (χ0) is 12.0. The number of hydrogen-bond acceptors (Lipinski definition) is 3. The number of nitrogens with zero attached hydrogens (tertiary/aromatic N) is 2. The van der Waals surface area contributed by atoms with Crippen LogP contribution in [0.3, 0.4) is 0 Å². The molecule has 92 valence electrons. The SMILES string of the molecule is CCC(CC#N)NC1CCN(C(C)C)CC1. The van der Waals surface area contributed by atoms with Gasteiger partial charge in [0.25, 0.3) is 0 Å². The summed E-state index contributed by atoms with van der Waals surface area (Å²) in [5.41, 5.74) is 0. The van der Waals surface area contributed by atoms with E-state index in [-0.39, 0.29) is 0 Å². The van der Waals surface area contributed by atoms with E-state index in [0.29, 0.717) is 24.5 Å². The van der Waals surface area contributed by atoms with Crippen LogP contribution in [0.5, 0.6) is 0 Å². The van der Waals surface area contributed by atoms with Crippen molar-refractivity contribution in [1.82, 2.24) is 10.2 Å². The van der Waals surface area contributed by atoms with E-state index in [1.807, 2.05) is 0 Å². The summed E-state index contributed by atoms with van der Waals surface area (Å²) in [6.07, 6.45) is 4.14. The molecule has 0 spiro atoms. The van der Waals surface area contributed by atoms with Gasteiger partial charge in [-0.3, -0.25) is 0 Å². The molecule has 0 aromatic heterocycles. The smallest absolute Gasteiger partial charge is 0.0638 e. The van der Waals surface area contributed by atoms with Gasteiger partial charge in [-0.25, -0.2) is 0 Å². The average Bonchev–Trinajstić information content (AvgIpc) is 2.29. The van der Waals surface area contributed by atoms with Crippen LogP contribution >= 0.6 is 0 Å². The quantitative estimate of drug-likeness (QED) is 0.776. The minimum absolute atomic E-state index is 0.389. The molecule has 16 heavy (non-hydrogen) atoms. The third-order valence-electron chi connectivity index (χ3n) is 3.56. The van der Waals surface area contributed by atoms with Gasteiger partial charge in [0.1, 0.15) is 0 Å². The second-order valence-electron chi connectivity index (χ2n) is 5.04. The van der Waals surface area contributed by atoms with Gasteiger partial charge < -0.3 is 10.2 Å².